The maximum Gasteiger partial charge on any atom is 0.255 e. The molecule has 0 aliphatic carbocycles. The number of aryl methyl sites for hydroxylation is 1. The number of hydrogen-bond donors (Lipinski definition) is 1. The molecule has 28 heavy (non-hydrogen) atoms. The summed E-state index contributed by atoms with van der Waals surface area (Å²) in [5.41, 5.74) is 5.16. The molecule has 1 atom stereocenters. The number of carbonyl (C=O) groups is 1. The van der Waals surface area contributed by atoms with E-state index in [-0.39, 0.29) is 33.4 Å². The number of benzene rings is 1. The number of halogens is 2. The second-order valence-electron chi connectivity index (χ2n) is 6.30. The van der Waals surface area contributed by atoms with Crippen molar-refractivity contribution in [1.82, 2.24) is 14.5 Å². The van der Waals surface area contributed by atoms with Gasteiger partial charge in [-0.3, -0.25) is 14.2 Å². The molecule has 2 aromatic heterocycles. The van der Waals surface area contributed by atoms with E-state index in [4.69, 9.17) is 11.0 Å². The molecule has 142 valence electrons. The van der Waals surface area contributed by atoms with Gasteiger partial charge in [0.2, 0.25) is 5.91 Å². The first-order valence-electron chi connectivity index (χ1n) is 8.28. The maximum absolute atomic E-state index is 14.6. The summed E-state index contributed by atoms with van der Waals surface area (Å²) in [6, 6.07) is 3.32. The molecule has 3 rings (SSSR count). The molecule has 0 bridgehead atoms. The van der Waals surface area contributed by atoms with Crippen LogP contribution in [0.2, 0.25) is 0 Å². The van der Waals surface area contributed by atoms with E-state index in [2.05, 4.69) is 9.97 Å². The fraction of sp³-hybridized carbons (Fsp3) is 0.211. The Morgan fingerprint density at radius 2 is 1.96 bits per heavy atom. The zero-order valence-electron chi connectivity index (χ0n) is 15.0. The highest BCUT2D eigenvalue weighted by molar-refractivity contribution is 5.86. The summed E-state index contributed by atoms with van der Waals surface area (Å²) < 4.78 is 29.6. The van der Waals surface area contributed by atoms with E-state index in [9.17, 15) is 18.4 Å². The van der Waals surface area contributed by atoms with E-state index in [0.29, 0.717) is 0 Å². The van der Waals surface area contributed by atoms with Crippen molar-refractivity contribution in [2.75, 3.05) is 0 Å². The number of aromatic nitrogens is 3. The minimum atomic E-state index is -1.12. The molecule has 0 aliphatic heterocycles. The molecule has 2 heterocycles. The SMILES string of the molecule is Cc1c(CC(N)=O)c(=O)n([C@H](C)c2ncc(C#N)cn2)c2ccc(F)c(F)c12. The third-order valence-electron chi connectivity index (χ3n) is 4.55. The largest absolute Gasteiger partial charge is 0.369 e. The average molecular weight is 383 g/mol. The van der Waals surface area contributed by atoms with Crippen molar-refractivity contribution in [3.8, 4) is 6.07 Å². The van der Waals surface area contributed by atoms with Crippen LogP contribution >= 0.6 is 0 Å². The molecule has 1 aromatic carbocycles. The van der Waals surface area contributed by atoms with Crippen LogP contribution in [0, 0.1) is 29.9 Å². The topological polar surface area (TPSA) is 115 Å². The molecule has 0 saturated heterocycles. The van der Waals surface area contributed by atoms with Crippen LogP contribution in [0.15, 0.2) is 29.3 Å². The molecular formula is C19H15F2N5O2. The van der Waals surface area contributed by atoms with Gasteiger partial charge < -0.3 is 5.73 Å². The Kier molecular flexibility index (Phi) is 4.88. The molecular weight excluding hydrogens is 368 g/mol. The lowest BCUT2D eigenvalue weighted by Crippen LogP contribution is -2.32. The third-order valence-corrected chi connectivity index (χ3v) is 4.55. The number of hydrogen-bond acceptors (Lipinski definition) is 5. The van der Waals surface area contributed by atoms with Crippen LogP contribution < -0.4 is 11.3 Å². The Balaban J connectivity index is 2.37. The highest BCUT2D eigenvalue weighted by Crippen LogP contribution is 2.28. The molecule has 0 saturated carbocycles. The molecule has 0 spiro atoms. The molecule has 9 heteroatoms. The van der Waals surface area contributed by atoms with Crippen LogP contribution in [0.5, 0.6) is 0 Å². The van der Waals surface area contributed by atoms with Crippen LogP contribution in [0.3, 0.4) is 0 Å². The van der Waals surface area contributed by atoms with Gasteiger partial charge in [0.15, 0.2) is 17.5 Å². The Morgan fingerprint density at radius 1 is 1.32 bits per heavy atom. The van der Waals surface area contributed by atoms with Gasteiger partial charge in [0.05, 0.1) is 23.5 Å². The summed E-state index contributed by atoms with van der Waals surface area (Å²) in [4.78, 5) is 32.7. The van der Waals surface area contributed by atoms with Gasteiger partial charge in [-0.25, -0.2) is 18.7 Å². The molecule has 2 N–H and O–H groups in total. The average Bonchev–Trinajstić information content (AvgIpc) is 2.67. The predicted molar refractivity (Wildman–Crippen MR) is 96.3 cm³/mol. The van der Waals surface area contributed by atoms with Gasteiger partial charge in [0.25, 0.3) is 5.56 Å². The summed E-state index contributed by atoms with van der Waals surface area (Å²) in [5, 5.41) is 8.76. The van der Waals surface area contributed by atoms with Crippen LogP contribution in [-0.4, -0.2) is 20.4 Å². The monoisotopic (exact) mass is 383 g/mol. The van der Waals surface area contributed by atoms with E-state index in [1.165, 1.54) is 30.0 Å². The quantitative estimate of drug-likeness (QED) is 0.739. The molecule has 0 fully saturated rings. The van der Waals surface area contributed by atoms with Crippen molar-refractivity contribution in [2.24, 2.45) is 5.73 Å². The minimum Gasteiger partial charge on any atom is -0.369 e. The fourth-order valence-corrected chi connectivity index (χ4v) is 3.16. The fourth-order valence-electron chi connectivity index (χ4n) is 3.16. The van der Waals surface area contributed by atoms with E-state index < -0.39 is 35.6 Å². The first-order chi connectivity index (χ1) is 13.3. The maximum atomic E-state index is 14.6. The van der Waals surface area contributed by atoms with Crippen molar-refractivity contribution in [2.45, 2.75) is 26.3 Å². The molecule has 0 aliphatic rings. The number of pyridine rings is 1. The summed E-state index contributed by atoms with van der Waals surface area (Å²) in [6.45, 7) is 3.05. The van der Waals surface area contributed by atoms with Gasteiger partial charge >= 0.3 is 0 Å². The Morgan fingerprint density at radius 3 is 2.54 bits per heavy atom. The third kappa shape index (κ3) is 3.09. The minimum absolute atomic E-state index is 0.0232. The highest BCUT2D eigenvalue weighted by Gasteiger charge is 2.24. The molecule has 0 radical (unpaired) electrons. The number of fused-ring (bicyclic) bond motifs is 1. The number of nitriles is 1. The van der Waals surface area contributed by atoms with Gasteiger partial charge in [-0.1, -0.05) is 0 Å². The molecule has 7 nitrogen and oxygen atoms in total. The van der Waals surface area contributed by atoms with Crippen LogP contribution in [0.4, 0.5) is 8.78 Å². The van der Waals surface area contributed by atoms with Crippen molar-refractivity contribution in [1.29, 1.82) is 5.26 Å². The Bertz CT molecular complexity index is 1200. The molecule has 0 unspecified atom stereocenters. The van der Waals surface area contributed by atoms with Gasteiger partial charge in [-0.2, -0.15) is 5.26 Å². The Labute approximate surface area is 158 Å². The number of nitrogens with two attached hydrogens (primary N) is 1. The number of primary amides is 1. The summed E-state index contributed by atoms with van der Waals surface area (Å²) in [5.74, 6) is -2.78. The zero-order chi connectivity index (χ0) is 20.6. The van der Waals surface area contributed by atoms with E-state index in [1.807, 2.05) is 6.07 Å². The summed E-state index contributed by atoms with van der Waals surface area (Å²) in [7, 11) is 0. The zero-order valence-corrected chi connectivity index (χ0v) is 15.0. The second kappa shape index (κ2) is 7.15. The lowest BCUT2D eigenvalue weighted by Gasteiger charge is -2.20. The highest BCUT2D eigenvalue weighted by atomic mass is 19.2. The van der Waals surface area contributed by atoms with Crippen LogP contribution in [0.1, 0.15) is 35.5 Å². The van der Waals surface area contributed by atoms with Crippen LogP contribution in [-0.2, 0) is 11.2 Å². The van der Waals surface area contributed by atoms with Crippen molar-refractivity contribution >= 4 is 16.8 Å². The van der Waals surface area contributed by atoms with Crippen LogP contribution in [0.25, 0.3) is 10.9 Å². The van der Waals surface area contributed by atoms with E-state index in [0.717, 1.165) is 6.07 Å². The molecule has 3 aromatic rings. The van der Waals surface area contributed by atoms with Gasteiger partial charge in [0.1, 0.15) is 6.07 Å². The normalized spacial score (nSPS) is 12.0. The van der Waals surface area contributed by atoms with Crippen molar-refractivity contribution < 1.29 is 13.6 Å². The Hall–Kier alpha value is -3.67. The standard InChI is InChI=1S/C19H15F2N5O2/c1-9-12(5-15(23)27)19(28)26(14-4-3-13(20)17(21)16(9)14)10(2)18-24-7-11(6-22)8-25-18/h3-4,7-8,10H,5H2,1-2H3,(H2,23,27)/t10-/m1/s1. The number of amides is 1. The summed E-state index contributed by atoms with van der Waals surface area (Å²) in [6.07, 6.45) is 2.17. The van der Waals surface area contributed by atoms with E-state index in [1.54, 1.807) is 6.92 Å². The molecule has 1 amide bonds. The van der Waals surface area contributed by atoms with Gasteiger partial charge in [-0.05, 0) is 31.5 Å². The van der Waals surface area contributed by atoms with Gasteiger partial charge in [-0.15, -0.1) is 0 Å². The van der Waals surface area contributed by atoms with E-state index >= 15 is 0 Å². The number of rotatable bonds is 4. The lowest BCUT2D eigenvalue weighted by molar-refractivity contribution is -0.117. The first kappa shape index (κ1) is 19.1. The number of nitrogens with zero attached hydrogens (tertiary/aromatic N) is 4. The number of carbonyl (C=O) groups excluding carboxylic acids is 1. The lowest BCUT2D eigenvalue weighted by atomic mass is 10.00. The first-order valence-corrected chi connectivity index (χ1v) is 8.28. The summed E-state index contributed by atoms with van der Waals surface area (Å²) >= 11 is 0. The predicted octanol–water partition coefficient (Wildman–Crippen LogP) is 1.89. The van der Waals surface area contributed by atoms with Crippen molar-refractivity contribution in [3.05, 3.63) is 69.0 Å². The van der Waals surface area contributed by atoms with Gasteiger partial charge in [0, 0.05) is 23.3 Å². The smallest absolute Gasteiger partial charge is 0.255 e. The van der Waals surface area contributed by atoms with Crippen molar-refractivity contribution in [3.63, 3.8) is 0 Å². The second-order valence-corrected chi connectivity index (χ2v) is 6.30.